The van der Waals surface area contributed by atoms with Gasteiger partial charge in [0.15, 0.2) is 0 Å². The van der Waals surface area contributed by atoms with Crippen LogP contribution in [-0.4, -0.2) is 4.98 Å². The van der Waals surface area contributed by atoms with E-state index >= 15 is 0 Å². The van der Waals surface area contributed by atoms with E-state index in [2.05, 4.69) is 18.0 Å². The maximum atomic E-state index is 4.55. The zero-order chi connectivity index (χ0) is 10.8. The first-order chi connectivity index (χ1) is 7.77. The van der Waals surface area contributed by atoms with Crippen LogP contribution in [0.5, 0.6) is 0 Å². The van der Waals surface area contributed by atoms with Crippen molar-refractivity contribution >= 4 is 0 Å². The molecule has 0 radical (unpaired) electrons. The number of aromatic nitrogens is 1. The van der Waals surface area contributed by atoms with Crippen LogP contribution in [0.25, 0.3) is 0 Å². The molecule has 3 saturated carbocycles. The molecular formula is C15H19N. The van der Waals surface area contributed by atoms with Crippen molar-refractivity contribution in [2.75, 3.05) is 0 Å². The molecule has 0 amide bonds. The molecule has 1 heterocycles. The molecule has 4 aliphatic carbocycles. The van der Waals surface area contributed by atoms with Gasteiger partial charge >= 0.3 is 0 Å². The van der Waals surface area contributed by atoms with Gasteiger partial charge in [0.2, 0.25) is 0 Å². The van der Waals surface area contributed by atoms with Crippen LogP contribution in [0.3, 0.4) is 0 Å². The molecule has 0 aliphatic heterocycles. The summed E-state index contributed by atoms with van der Waals surface area (Å²) in [5.41, 5.74) is 5.25. The van der Waals surface area contributed by atoms with Crippen LogP contribution in [0.1, 0.15) is 42.5 Å². The molecule has 0 aromatic carbocycles. The molecule has 1 nitrogen and oxygen atoms in total. The molecule has 5 rings (SSSR count). The van der Waals surface area contributed by atoms with Crippen LogP contribution in [0.2, 0.25) is 0 Å². The van der Waals surface area contributed by atoms with Gasteiger partial charge in [-0.25, -0.2) is 0 Å². The van der Waals surface area contributed by atoms with E-state index < -0.39 is 0 Å². The topological polar surface area (TPSA) is 12.9 Å². The van der Waals surface area contributed by atoms with Crippen LogP contribution in [0, 0.1) is 24.2 Å². The first-order valence-electron chi connectivity index (χ1n) is 6.70. The number of pyridine rings is 1. The Balaban J connectivity index is 1.65. The molecule has 1 unspecified atom stereocenters. The largest absolute Gasteiger partial charge is 0.261 e. The van der Waals surface area contributed by atoms with Gasteiger partial charge in [0.1, 0.15) is 0 Å². The Kier molecular flexibility index (Phi) is 1.66. The van der Waals surface area contributed by atoms with Crippen molar-refractivity contribution in [3.8, 4) is 0 Å². The van der Waals surface area contributed by atoms with Crippen molar-refractivity contribution in [1.82, 2.24) is 4.98 Å². The molecule has 3 fully saturated rings. The predicted octanol–water partition coefficient (Wildman–Crippen LogP) is 3.30. The molecular weight excluding hydrogens is 194 g/mol. The Morgan fingerprint density at radius 2 is 2.12 bits per heavy atom. The molecule has 0 spiro atoms. The molecule has 1 heteroatoms. The molecule has 84 valence electrons. The minimum Gasteiger partial charge on any atom is -0.261 e. The van der Waals surface area contributed by atoms with E-state index in [1.165, 1.54) is 30.5 Å². The molecule has 4 aliphatic rings. The highest BCUT2D eigenvalue weighted by atomic mass is 14.7. The lowest BCUT2D eigenvalue weighted by atomic mass is 9.39. The second-order valence-electron chi connectivity index (χ2n) is 6.33. The van der Waals surface area contributed by atoms with Crippen molar-refractivity contribution in [2.24, 2.45) is 17.3 Å². The molecule has 1 aromatic rings. The minimum absolute atomic E-state index is 0.796. The Bertz CT molecular complexity index is 432. The molecule has 1 aromatic heterocycles. The van der Waals surface area contributed by atoms with Crippen LogP contribution >= 0.6 is 0 Å². The average molecular weight is 213 g/mol. The summed E-state index contributed by atoms with van der Waals surface area (Å²) in [7, 11) is 0. The SMILES string of the molecule is Cc1ccnc2c1CC(C13CC(C1)C3)CC2. The summed E-state index contributed by atoms with van der Waals surface area (Å²) in [6, 6.07) is 2.18. The normalized spacial score (nSPS) is 39.6. The Hall–Kier alpha value is -0.850. The monoisotopic (exact) mass is 213 g/mol. The Morgan fingerprint density at radius 1 is 1.31 bits per heavy atom. The minimum atomic E-state index is 0.796. The van der Waals surface area contributed by atoms with E-state index in [1.807, 2.05) is 6.20 Å². The average Bonchev–Trinajstić information content (AvgIpc) is 2.14. The number of hydrogen-bond acceptors (Lipinski definition) is 1. The standard InChI is InChI=1S/C15H19N/c1-10-4-5-16-14-3-2-12(6-13(10)14)15-7-11(8-15)9-15/h4-5,11-12H,2-3,6-9H2,1H3. The third kappa shape index (κ3) is 1.04. The van der Waals surface area contributed by atoms with Gasteiger partial charge < -0.3 is 0 Å². The zero-order valence-electron chi connectivity index (χ0n) is 10.00. The van der Waals surface area contributed by atoms with E-state index in [4.69, 9.17) is 0 Å². The number of nitrogens with zero attached hydrogens (tertiary/aromatic N) is 1. The summed E-state index contributed by atoms with van der Waals surface area (Å²) in [6.07, 6.45) is 10.6. The molecule has 1 atom stereocenters. The molecule has 16 heavy (non-hydrogen) atoms. The second kappa shape index (κ2) is 2.88. The fraction of sp³-hybridized carbons (Fsp3) is 0.667. The molecule has 0 N–H and O–H groups in total. The van der Waals surface area contributed by atoms with Gasteiger partial charge in [-0.15, -0.1) is 0 Å². The molecule has 2 bridgehead atoms. The smallest absolute Gasteiger partial charge is 0.0438 e. The van der Waals surface area contributed by atoms with Crippen LogP contribution < -0.4 is 0 Å². The van der Waals surface area contributed by atoms with Gasteiger partial charge in [0, 0.05) is 11.9 Å². The van der Waals surface area contributed by atoms with Gasteiger partial charge in [0.05, 0.1) is 0 Å². The highest BCUT2D eigenvalue weighted by Gasteiger charge is 2.60. The highest BCUT2D eigenvalue weighted by molar-refractivity contribution is 5.32. The maximum absolute atomic E-state index is 4.55. The third-order valence-corrected chi connectivity index (χ3v) is 5.51. The van der Waals surface area contributed by atoms with Gasteiger partial charge in [0.25, 0.3) is 0 Å². The van der Waals surface area contributed by atoms with E-state index in [1.54, 1.807) is 24.8 Å². The van der Waals surface area contributed by atoms with Crippen molar-refractivity contribution < 1.29 is 0 Å². The summed E-state index contributed by atoms with van der Waals surface area (Å²) in [5.74, 6) is 2.10. The first kappa shape index (κ1) is 9.21. The highest BCUT2D eigenvalue weighted by Crippen LogP contribution is 2.69. The first-order valence-corrected chi connectivity index (χ1v) is 6.70. The quantitative estimate of drug-likeness (QED) is 0.697. The van der Waals surface area contributed by atoms with E-state index in [-0.39, 0.29) is 0 Å². The van der Waals surface area contributed by atoms with Gasteiger partial charge in [-0.1, -0.05) is 0 Å². The van der Waals surface area contributed by atoms with Crippen molar-refractivity contribution in [3.05, 3.63) is 29.1 Å². The second-order valence-corrected chi connectivity index (χ2v) is 6.33. The number of aryl methyl sites for hydroxylation is 2. The van der Waals surface area contributed by atoms with Gasteiger partial charge in [-0.3, -0.25) is 4.98 Å². The van der Waals surface area contributed by atoms with Crippen molar-refractivity contribution in [3.63, 3.8) is 0 Å². The fourth-order valence-electron chi connectivity index (χ4n) is 4.37. The van der Waals surface area contributed by atoms with Crippen LogP contribution in [-0.2, 0) is 12.8 Å². The van der Waals surface area contributed by atoms with Gasteiger partial charge in [-0.05, 0) is 79.9 Å². The molecule has 0 saturated heterocycles. The summed E-state index contributed by atoms with van der Waals surface area (Å²) < 4.78 is 0. The number of hydrogen-bond donors (Lipinski definition) is 0. The lowest BCUT2D eigenvalue weighted by Crippen LogP contribution is -2.57. The van der Waals surface area contributed by atoms with Crippen LogP contribution in [0.15, 0.2) is 12.3 Å². The summed E-state index contributed by atoms with van der Waals surface area (Å²) in [4.78, 5) is 4.55. The Labute approximate surface area is 97.3 Å². The van der Waals surface area contributed by atoms with E-state index in [0.717, 1.165) is 17.3 Å². The summed E-state index contributed by atoms with van der Waals surface area (Å²) >= 11 is 0. The lowest BCUT2D eigenvalue weighted by Gasteiger charge is -2.66. The third-order valence-electron chi connectivity index (χ3n) is 5.51. The summed E-state index contributed by atoms with van der Waals surface area (Å²) in [5, 5.41) is 0. The number of rotatable bonds is 1. The maximum Gasteiger partial charge on any atom is 0.0438 e. The number of fused-ring (bicyclic) bond motifs is 1. The zero-order valence-corrected chi connectivity index (χ0v) is 10.00. The van der Waals surface area contributed by atoms with E-state index in [9.17, 15) is 0 Å². The Morgan fingerprint density at radius 3 is 2.81 bits per heavy atom. The lowest BCUT2D eigenvalue weighted by molar-refractivity contribution is -0.154. The summed E-state index contributed by atoms with van der Waals surface area (Å²) in [6.45, 7) is 2.25. The van der Waals surface area contributed by atoms with Gasteiger partial charge in [-0.2, -0.15) is 0 Å². The van der Waals surface area contributed by atoms with Crippen molar-refractivity contribution in [1.29, 1.82) is 0 Å². The fourth-order valence-corrected chi connectivity index (χ4v) is 4.37. The van der Waals surface area contributed by atoms with Crippen molar-refractivity contribution in [2.45, 2.75) is 45.4 Å². The van der Waals surface area contributed by atoms with Crippen LogP contribution in [0.4, 0.5) is 0 Å². The predicted molar refractivity (Wildman–Crippen MR) is 64.3 cm³/mol. The van der Waals surface area contributed by atoms with E-state index in [0.29, 0.717) is 0 Å².